The molecule has 4 heterocycles. The molecule has 134 valence electrons. The van der Waals surface area contributed by atoms with Crippen molar-refractivity contribution in [2.45, 2.75) is 19.3 Å². The molecule has 1 aliphatic rings. The van der Waals surface area contributed by atoms with Gasteiger partial charge in [-0.25, -0.2) is 19.5 Å². The zero-order valence-electron chi connectivity index (χ0n) is 14.5. The number of H-pyrrole nitrogens is 1. The van der Waals surface area contributed by atoms with Gasteiger partial charge in [-0.3, -0.25) is 14.7 Å². The van der Waals surface area contributed by atoms with Gasteiger partial charge in [-0.05, 0) is 13.3 Å². The SMILES string of the molecule is COc1ncc(C(=O)N2CC[C@H](c3cc(=O)n4[nH]c(C)cc4n3)C2)cn1. The van der Waals surface area contributed by atoms with E-state index >= 15 is 0 Å². The topological polar surface area (TPSA) is 105 Å². The molecule has 1 saturated heterocycles. The molecule has 1 amide bonds. The molecule has 1 atom stereocenters. The molecule has 0 spiro atoms. The van der Waals surface area contributed by atoms with E-state index in [1.807, 2.05) is 13.0 Å². The smallest absolute Gasteiger partial charge is 0.316 e. The summed E-state index contributed by atoms with van der Waals surface area (Å²) in [5, 5.41) is 2.96. The third-order valence-corrected chi connectivity index (χ3v) is 4.55. The summed E-state index contributed by atoms with van der Waals surface area (Å²) in [5.41, 5.74) is 2.45. The molecule has 1 N–H and O–H groups in total. The molecular weight excluding hydrogens is 336 g/mol. The average molecular weight is 354 g/mol. The fourth-order valence-corrected chi connectivity index (χ4v) is 3.24. The number of nitrogens with one attached hydrogen (secondary N) is 1. The Balaban J connectivity index is 1.54. The van der Waals surface area contributed by atoms with Crippen LogP contribution in [0.3, 0.4) is 0 Å². The number of nitrogens with zero attached hydrogens (tertiary/aromatic N) is 5. The van der Waals surface area contributed by atoms with Crippen molar-refractivity contribution in [1.82, 2.24) is 29.5 Å². The highest BCUT2D eigenvalue weighted by atomic mass is 16.5. The van der Waals surface area contributed by atoms with E-state index in [9.17, 15) is 9.59 Å². The third-order valence-electron chi connectivity index (χ3n) is 4.55. The minimum atomic E-state index is -0.147. The second-order valence-electron chi connectivity index (χ2n) is 6.35. The van der Waals surface area contributed by atoms with Crippen molar-refractivity contribution in [2.75, 3.05) is 20.2 Å². The molecule has 1 aliphatic heterocycles. The number of ether oxygens (including phenoxy) is 1. The number of rotatable bonds is 3. The number of aromatic amines is 1. The van der Waals surface area contributed by atoms with Crippen LogP contribution in [-0.2, 0) is 0 Å². The number of carbonyl (C=O) groups excluding carboxylic acids is 1. The molecule has 9 heteroatoms. The van der Waals surface area contributed by atoms with Crippen LogP contribution in [0.15, 0.2) is 29.3 Å². The molecule has 0 aliphatic carbocycles. The molecule has 0 saturated carbocycles. The average Bonchev–Trinajstić information content (AvgIpc) is 3.27. The summed E-state index contributed by atoms with van der Waals surface area (Å²) in [7, 11) is 1.47. The molecular formula is C17H18N6O3. The lowest BCUT2D eigenvalue weighted by molar-refractivity contribution is 0.0789. The summed E-state index contributed by atoms with van der Waals surface area (Å²) >= 11 is 0. The van der Waals surface area contributed by atoms with Gasteiger partial charge in [0.15, 0.2) is 5.65 Å². The van der Waals surface area contributed by atoms with Crippen LogP contribution in [0, 0.1) is 6.92 Å². The maximum absolute atomic E-state index is 12.6. The second kappa shape index (κ2) is 6.25. The number of likely N-dealkylation sites (tertiary alicyclic amines) is 1. The number of amides is 1. The largest absolute Gasteiger partial charge is 0.467 e. The molecule has 3 aromatic rings. The Hall–Kier alpha value is -3.23. The van der Waals surface area contributed by atoms with Gasteiger partial charge in [0, 0.05) is 49.2 Å². The molecule has 0 radical (unpaired) electrons. The van der Waals surface area contributed by atoms with E-state index in [1.165, 1.54) is 30.1 Å². The summed E-state index contributed by atoms with van der Waals surface area (Å²) < 4.78 is 6.33. The first-order valence-electron chi connectivity index (χ1n) is 8.30. The highest BCUT2D eigenvalue weighted by Crippen LogP contribution is 2.26. The lowest BCUT2D eigenvalue weighted by Crippen LogP contribution is -2.29. The Kier molecular flexibility index (Phi) is 3.90. The van der Waals surface area contributed by atoms with Crippen LogP contribution in [0.4, 0.5) is 0 Å². The summed E-state index contributed by atoms with van der Waals surface area (Å²) in [6.45, 7) is 2.99. The number of aryl methyl sites for hydroxylation is 1. The van der Waals surface area contributed by atoms with Crippen LogP contribution in [0.5, 0.6) is 6.01 Å². The monoisotopic (exact) mass is 354 g/mol. The summed E-state index contributed by atoms with van der Waals surface area (Å²) in [6.07, 6.45) is 3.68. The quantitative estimate of drug-likeness (QED) is 0.744. The van der Waals surface area contributed by atoms with Crippen molar-refractivity contribution in [3.05, 3.63) is 51.8 Å². The predicted molar refractivity (Wildman–Crippen MR) is 92.4 cm³/mol. The number of carbonyl (C=O) groups is 1. The maximum atomic E-state index is 12.6. The highest BCUT2D eigenvalue weighted by Gasteiger charge is 2.29. The molecule has 26 heavy (non-hydrogen) atoms. The Morgan fingerprint density at radius 3 is 2.81 bits per heavy atom. The number of aromatic nitrogens is 5. The Labute approximate surface area is 148 Å². The molecule has 0 bridgehead atoms. The van der Waals surface area contributed by atoms with Crippen molar-refractivity contribution in [3.63, 3.8) is 0 Å². The van der Waals surface area contributed by atoms with Crippen molar-refractivity contribution in [1.29, 1.82) is 0 Å². The lowest BCUT2D eigenvalue weighted by Gasteiger charge is -2.16. The summed E-state index contributed by atoms with van der Waals surface area (Å²) in [4.78, 5) is 39.1. The van der Waals surface area contributed by atoms with E-state index in [0.29, 0.717) is 24.3 Å². The Morgan fingerprint density at radius 2 is 2.08 bits per heavy atom. The summed E-state index contributed by atoms with van der Waals surface area (Å²) in [5.74, 6) is -0.100. The maximum Gasteiger partial charge on any atom is 0.316 e. The van der Waals surface area contributed by atoms with Gasteiger partial charge in [0.25, 0.3) is 11.5 Å². The van der Waals surface area contributed by atoms with Crippen LogP contribution >= 0.6 is 0 Å². The fraction of sp³-hybridized carbons (Fsp3) is 0.353. The van der Waals surface area contributed by atoms with Crippen LogP contribution in [-0.4, -0.2) is 55.6 Å². The highest BCUT2D eigenvalue weighted by molar-refractivity contribution is 5.93. The van der Waals surface area contributed by atoms with E-state index in [1.54, 1.807) is 4.90 Å². The molecule has 0 aromatic carbocycles. The first-order valence-corrected chi connectivity index (χ1v) is 8.30. The van der Waals surface area contributed by atoms with E-state index in [2.05, 4.69) is 20.1 Å². The zero-order valence-corrected chi connectivity index (χ0v) is 14.5. The number of methoxy groups -OCH3 is 1. The van der Waals surface area contributed by atoms with Gasteiger partial charge >= 0.3 is 6.01 Å². The first kappa shape index (κ1) is 16.2. The van der Waals surface area contributed by atoms with Gasteiger partial charge in [-0.15, -0.1) is 0 Å². The summed E-state index contributed by atoms with van der Waals surface area (Å²) in [6, 6.07) is 3.59. The van der Waals surface area contributed by atoms with Crippen molar-refractivity contribution >= 4 is 11.6 Å². The molecule has 9 nitrogen and oxygen atoms in total. The van der Waals surface area contributed by atoms with Gasteiger partial charge < -0.3 is 9.64 Å². The lowest BCUT2D eigenvalue weighted by atomic mass is 10.0. The molecule has 4 rings (SSSR count). The van der Waals surface area contributed by atoms with Gasteiger partial charge in [0.05, 0.1) is 18.4 Å². The normalized spacial score (nSPS) is 17.0. The van der Waals surface area contributed by atoms with Gasteiger partial charge in [-0.2, -0.15) is 0 Å². The number of hydrogen-bond acceptors (Lipinski definition) is 6. The molecule has 3 aromatic heterocycles. The molecule has 1 fully saturated rings. The first-order chi connectivity index (χ1) is 12.5. The van der Waals surface area contributed by atoms with Gasteiger partial charge in [0.2, 0.25) is 0 Å². The van der Waals surface area contributed by atoms with Crippen LogP contribution in [0.2, 0.25) is 0 Å². The fourth-order valence-electron chi connectivity index (χ4n) is 3.24. The zero-order chi connectivity index (χ0) is 18.3. The number of hydrogen-bond donors (Lipinski definition) is 1. The van der Waals surface area contributed by atoms with E-state index in [0.717, 1.165) is 17.8 Å². The minimum Gasteiger partial charge on any atom is -0.467 e. The van der Waals surface area contributed by atoms with E-state index in [4.69, 9.17) is 4.74 Å². The third kappa shape index (κ3) is 2.81. The van der Waals surface area contributed by atoms with Gasteiger partial charge in [0.1, 0.15) is 0 Å². The Bertz CT molecular complexity index is 1020. The van der Waals surface area contributed by atoms with Gasteiger partial charge in [-0.1, -0.05) is 0 Å². The molecule has 0 unspecified atom stereocenters. The van der Waals surface area contributed by atoms with E-state index in [-0.39, 0.29) is 23.4 Å². The Morgan fingerprint density at radius 1 is 1.31 bits per heavy atom. The minimum absolute atomic E-state index is 0.0334. The predicted octanol–water partition coefficient (Wildman–Crippen LogP) is 0.759. The van der Waals surface area contributed by atoms with Crippen LogP contribution in [0.1, 0.15) is 34.1 Å². The number of fused-ring (bicyclic) bond motifs is 1. The van der Waals surface area contributed by atoms with Crippen molar-refractivity contribution < 1.29 is 9.53 Å². The van der Waals surface area contributed by atoms with Crippen LogP contribution < -0.4 is 10.3 Å². The van der Waals surface area contributed by atoms with Crippen molar-refractivity contribution in [2.24, 2.45) is 0 Å². The second-order valence-corrected chi connectivity index (χ2v) is 6.35. The van der Waals surface area contributed by atoms with Crippen molar-refractivity contribution in [3.8, 4) is 6.01 Å². The van der Waals surface area contributed by atoms with E-state index < -0.39 is 0 Å². The van der Waals surface area contributed by atoms with Crippen LogP contribution in [0.25, 0.3) is 5.65 Å². The standard InChI is InChI=1S/C17H18N6O3/c1-10-5-14-20-13(6-15(24)23(14)21-10)11-3-4-22(9-11)16(25)12-7-18-17(26-2)19-8-12/h5-8,11,21H,3-4,9H2,1-2H3/t11-/m0/s1.